The molecular weight excluding hydrogens is 701 g/mol. The number of hydrogen-bond acceptors (Lipinski definition) is 2. The summed E-state index contributed by atoms with van der Waals surface area (Å²) < 4.78 is 0. The molecule has 2 heteroatoms. The zero-order chi connectivity index (χ0) is 38.8. The number of benzene rings is 8. The molecule has 1 atom stereocenters. The fourth-order valence-electron chi connectivity index (χ4n) is 10.6. The van der Waals surface area contributed by atoms with Crippen LogP contribution in [0.25, 0.3) is 22.3 Å². The molecule has 0 saturated heterocycles. The highest BCUT2D eigenvalue weighted by atomic mass is 15.1. The van der Waals surface area contributed by atoms with E-state index in [9.17, 15) is 0 Å². The number of hydrogen-bond donors (Lipinski definition) is 0. The minimum Gasteiger partial charge on any atom is -0.310 e. The van der Waals surface area contributed by atoms with E-state index >= 15 is 0 Å². The lowest BCUT2D eigenvalue weighted by Gasteiger charge is -2.32. The lowest BCUT2D eigenvalue weighted by Crippen LogP contribution is -2.22. The minimum absolute atomic E-state index is 0.0335. The molecule has 0 fully saturated rings. The van der Waals surface area contributed by atoms with Crippen molar-refractivity contribution in [2.75, 3.05) is 9.80 Å². The normalized spacial score (nSPS) is 16.7. The van der Waals surface area contributed by atoms with Gasteiger partial charge in [-0.3, -0.25) is 0 Å². The molecule has 0 aromatic heterocycles. The molecule has 8 aromatic carbocycles. The maximum atomic E-state index is 2.55. The van der Waals surface area contributed by atoms with Gasteiger partial charge in [-0.15, -0.1) is 0 Å². The van der Waals surface area contributed by atoms with Gasteiger partial charge in [-0.05, 0) is 154 Å². The summed E-state index contributed by atoms with van der Waals surface area (Å²) in [6.07, 6.45) is 4.45. The first-order valence-corrected chi connectivity index (χ1v) is 20.9. The highest BCUT2D eigenvalue weighted by Gasteiger charge is 2.45. The lowest BCUT2D eigenvalue weighted by atomic mass is 9.76. The minimum atomic E-state index is -0.0478. The first-order chi connectivity index (χ1) is 28.5. The fraction of sp³-hybridized carbons (Fsp3) is 0.143. The van der Waals surface area contributed by atoms with E-state index in [1.807, 2.05) is 0 Å². The van der Waals surface area contributed by atoms with Crippen LogP contribution in [-0.2, 0) is 23.7 Å². The summed E-state index contributed by atoms with van der Waals surface area (Å²) in [5.74, 6) is 0. The van der Waals surface area contributed by atoms with Crippen LogP contribution in [-0.4, -0.2) is 0 Å². The van der Waals surface area contributed by atoms with E-state index in [4.69, 9.17) is 0 Å². The van der Waals surface area contributed by atoms with E-state index in [-0.39, 0.29) is 10.8 Å². The molecule has 0 heterocycles. The highest BCUT2D eigenvalue weighted by Crippen LogP contribution is 2.56. The molecule has 11 rings (SSSR count). The van der Waals surface area contributed by atoms with E-state index in [0.29, 0.717) is 0 Å². The summed E-state index contributed by atoms with van der Waals surface area (Å²) in [6.45, 7) is 4.73. The zero-order valence-corrected chi connectivity index (χ0v) is 33.2. The highest BCUT2D eigenvalue weighted by molar-refractivity contribution is 5.88. The zero-order valence-electron chi connectivity index (χ0n) is 33.2. The molecule has 280 valence electrons. The number of rotatable bonds is 7. The molecule has 0 bridgehead atoms. The predicted octanol–water partition coefficient (Wildman–Crippen LogP) is 14.8. The Kier molecular flexibility index (Phi) is 8.05. The summed E-state index contributed by atoms with van der Waals surface area (Å²) in [5, 5.41) is 0. The Balaban J connectivity index is 1.06. The second kappa shape index (κ2) is 13.5. The Morgan fingerprint density at radius 3 is 1.45 bits per heavy atom. The van der Waals surface area contributed by atoms with Gasteiger partial charge in [0.25, 0.3) is 0 Å². The first kappa shape index (κ1) is 34.6. The van der Waals surface area contributed by atoms with Gasteiger partial charge in [0.05, 0.1) is 0 Å². The van der Waals surface area contributed by atoms with Crippen molar-refractivity contribution in [3.05, 3.63) is 228 Å². The molecule has 0 unspecified atom stereocenters. The van der Waals surface area contributed by atoms with Gasteiger partial charge in [0.1, 0.15) is 0 Å². The average Bonchev–Trinajstić information content (AvgIpc) is 3.91. The van der Waals surface area contributed by atoms with Crippen molar-refractivity contribution in [3.63, 3.8) is 0 Å². The molecule has 3 aliphatic carbocycles. The third-order valence-electron chi connectivity index (χ3n) is 13.4. The Hall–Kier alpha value is -6.64. The van der Waals surface area contributed by atoms with Crippen LogP contribution >= 0.6 is 0 Å². The number of para-hydroxylation sites is 2. The Morgan fingerprint density at radius 1 is 0.345 bits per heavy atom. The average molecular weight is 747 g/mol. The van der Waals surface area contributed by atoms with E-state index in [0.717, 1.165) is 31.4 Å². The summed E-state index contributed by atoms with van der Waals surface area (Å²) in [6, 6.07) is 72.2. The van der Waals surface area contributed by atoms with Gasteiger partial charge < -0.3 is 9.80 Å². The lowest BCUT2D eigenvalue weighted by molar-refractivity contribution is 0.507. The summed E-state index contributed by atoms with van der Waals surface area (Å²) >= 11 is 0. The maximum Gasteiger partial charge on any atom is 0.0468 e. The van der Waals surface area contributed by atoms with E-state index in [1.54, 1.807) is 0 Å². The summed E-state index contributed by atoms with van der Waals surface area (Å²) in [7, 11) is 0. The standard InChI is InChI=1S/C56H46N2/c1-55(2)51-24-13-12-23-49(51)50-36-46(29-30-52(50)55)58(45-22-14-17-42(35-45)39-15-6-3-7-16-39)48-28-26-41-32-34-56(54(41)38-48)33-31-40-25-27-47(37-53(40)56)57(43-18-8-4-9-19-43)44-20-10-5-11-21-44/h3-30,35-38H,31-34H2,1-2H3/t56-/m1/s1. The van der Waals surface area contributed by atoms with Crippen molar-refractivity contribution in [1.29, 1.82) is 0 Å². The van der Waals surface area contributed by atoms with Crippen LogP contribution in [0.15, 0.2) is 194 Å². The van der Waals surface area contributed by atoms with Crippen LogP contribution in [0.4, 0.5) is 34.1 Å². The molecule has 8 aromatic rings. The summed E-state index contributed by atoms with van der Waals surface area (Å²) in [4.78, 5) is 4.92. The van der Waals surface area contributed by atoms with Crippen LogP contribution in [0, 0.1) is 0 Å². The molecule has 58 heavy (non-hydrogen) atoms. The van der Waals surface area contributed by atoms with Crippen molar-refractivity contribution in [1.82, 2.24) is 0 Å². The molecular formula is C56H46N2. The number of fused-ring (bicyclic) bond motifs is 7. The van der Waals surface area contributed by atoms with Gasteiger partial charge in [-0.1, -0.05) is 135 Å². The van der Waals surface area contributed by atoms with Crippen LogP contribution in [0.2, 0.25) is 0 Å². The smallest absolute Gasteiger partial charge is 0.0468 e. The van der Waals surface area contributed by atoms with Crippen LogP contribution in [0.1, 0.15) is 60.1 Å². The van der Waals surface area contributed by atoms with E-state index < -0.39 is 0 Å². The second-order valence-corrected chi connectivity index (χ2v) is 16.9. The summed E-state index contributed by atoms with van der Waals surface area (Å²) in [5.41, 5.74) is 20.9. The second-order valence-electron chi connectivity index (χ2n) is 16.9. The van der Waals surface area contributed by atoms with Crippen molar-refractivity contribution in [2.24, 2.45) is 0 Å². The number of aryl methyl sites for hydroxylation is 2. The quantitative estimate of drug-likeness (QED) is 0.160. The molecule has 3 aliphatic rings. The molecule has 0 aliphatic heterocycles. The van der Waals surface area contributed by atoms with Gasteiger partial charge in [-0.2, -0.15) is 0 Å². The molecule has 1 spiro atoms. The predicted molar refractivity (Wildman–Crippen MR) is 243 cm³/mol. The Morgan fingerprint density at radius 2 is 0.810 bits per heavy atom. The first-order valence-electron chi connectivity index (χ1n) is 20.9. The third kappa shape index (κ3) is 5.46. The van der Waals surface area contributed by atoms with Gasteiger partial charge in [0.15, 0.2) is 0 Å². The monoisotopic (exact) mass is 746 g/mol. The van der Waals surface area contributed by atoms with Crippen LogP contribution < -0.4 is 9.80 Å². The third-order valence-corrected chi connectivity index (χ3v) is 13.4. The maximum absolute atomic E-state index is 2.55. The Bertz CT molecular complexity index is 2780. The molecule has 0 amide bonds. The van der Waals surface area contributed by atoms with Gasteiger partial charge in [-0.25, -0.2) is 0 Å². The van der Waals surface area contributed by atoms with Gasteiger partial charge in [0.2, 0.25) is 0 Å². The fourth-order valence-corrected chi connectivity index (χ4v) is 10.6. The largest absolute Gasteiger partial charge is 0.310 e. The SMILES string of the molecule is CC1(C)c2ccccc2-c2cc(N(c3cccc(-c4ccccc4)c3)c3ccc4c(c3)[C@]3(CCc5ccc(N(c6ccccc6)c6ccccc6)cc53)CC4)ccc21. The van der Waals surface area contributed by atoms with Crippen LogP contribution in [0.3, 0.4) is 0 Å². The van der Waals surface area contributed by atoms with Crippen LogP contribution in [0.5, 0.6) is 0 Å². The topological polar surface area (TPSA) is 6.48 Å². The van der Waals surface area contributed by atoms with Crippen molar-refractivity contribution in [2.45, 2.75) is 50.4 Å². The van der Waals surface area contributed by atoms with Gasteiger partial charge in [0, 0.05) is 45.0 Å². The van der Waals surface area contributed by atoms with E-state index in [2.05, 4.69) is 218 Å². The van der Waals surface area contributed by atoms with Gasteiger partial charge >= 0.3 is 0 Å². The van der Waals surface area contributed by atoms with Crippen molar-refractivity contribution in [3.8, 4) is 22.3 Å². The van der Waals surface area contributed by atoms with E-state index in [1.165, 1.54) is 84.1 Å². The van der Waals surface area contributed by atoms with Crippen molar-refractivity contribution < 1.29 is 0 Å². The number of nitrogens with zero attached hydrogens (tertiary/aromatic N) is 2. The molecule has 0 N–H and O–H groups in total. The number of anilines is 6. The Labute approximate surface area is 342 Å². The molecule has 0 saturated carbocycles. The molecule has 2 nitrogen and oxygen atoms in total. The van der Waals surface area contributed by atoms with Crippen molar-refractivity contribution >= 4 is 34.1 Å². The molecule has 0 radical (unpaired) electrons.